The third-order valence-electron chi connectivity index (χ3n) is 6.88. The van der Waals surface area contributed by atoms with Gasteiger partial charge < -0.3 is 18.9 Å². The van der Waals surface area contributed by atoms with Crippen LogP contribution in [-0.4, -0.2) is 26.0 Å². The Morgan fingerprint density at radius 2 is 1.31 bits per heavy atom. The molecular formula is C26H25F9O4. The van der Waals surface area contributed by atoms with Crippen LogP contribution in [0.15, 0.2) is 24.3 Å². The van der Waals surface area contributed by atoms with E-state index in [1.165, 1.54) is 0 Å². The molecule has 2 aromatic carbocycles. The Kier molecular flexibility index (Phi) is 8.60. The van der Waals surface area contributed by atoms with E-state index in [-0.39, 0.29) is 36.8 Å². The molecule has 0 unspecified atom stereocenters. The van der Waals surface area contributed by atoms with Crippen molar-refractivity contribution in [2.75, 3.05) is 19.8 Å². The number of ether oxygens (including phenoxy) is 4. The highest BCUT2D eigenvalue weighted by molar-refractivity contribution is 5.36. The van der Waals surface area contributed by atoms with Gasteiger partial charge in [-0.2, -0.15) is 22.0 Å². The lowest BCUT2D eigenvalue weighted by atomic mass is 9.76. The van der Waals surface area contributed by atoms with E-state index >= 15 is 0 Å². The molecule has 1 aliphatic heterocycles. The highest BCUT2D eigenvalue weighted by atomic mass is 19.4. The van der Waals surface area contributed by atoms with Gasteiger partial charge in [-0.1, -0.05) is 19.8 Å². The van der Waals surface area contributed by atoms with E-state index in [1.807, 2.05) is 0 Å². The van der Waals surface area contributed by atoms with Crippen molar-refractivity contribution >= 4 is 0 Å². The molecule has 1 saturated heterocycles. The van der Waals surface area contributed by atoms with Gasteiger partial charge in [0.25, 0.3) is 0 Å². The SMILES string of the molecule is CC1CCC(C2COC(c3cc(F)c(C(F)(F)Oc4cc(F)c(OCC(F)(F)F)c(F)c4)c(F)c3)OC2)CC1. The van der Waals surface area contributed by atoms with Crippen LogP contribution >= 0.6 is 0 Å². The molecule has 2 fully saturated rings. The molecule has 0 N–H and O–H groups in total. The van der Waals surface area contributed by atoms with E-state index < -0.39 is 65.5 Å². The second-order valence-electron chi connectivity index (χ2n) is 9.88. The summed E-state index contributed by atoms with van der Waals surface area (Å²) in [7, 11) is 0. The Bertz CT molecular complexity index is 1110. The molecule has 0 atom stereocenters. The van der Waals surface area contributed by atoms with Gasteiger partial charge >= 0.3 is 12.3 Å². The van der Waals surface area contributed by atoms with Crippen LogP contribution in [0.25, 0.3) is 0 Å². The van der Waals surface area contributed by atoms with Crippen LogP contribution in [-0.2, 0) is 15.6 Å². The number of halogens is 9. The van der Waals surface area contributed by atoms with Crippen LogP contribution in [0.1, 0.15) is 50.0 Å². The van der Waals surface area contributed by atoms with Gasteiger partial charge in [0.2, 0.25) is 0 Å². The topological polar surface area (TPSA) is 36.9 Å². The van der Waals surface area contributed by atoms with Crippen molar-refractivity contribution < 1.29 is 58.5 Å². The largest absolute Gasteiger partial charge is 0.478 e. The van der Waals surface area contributed by atoms with Gasteiger partial charge in [0.05, 0.1) is 13.2 Å². The smallest absolute Gasteiger partial charge is 0.432 e. The number of hydrogen-bond donors (Lipinski definition) is 0. The summed E-state index contributed by atoms with van der Waals surface area (Å²) in [6.07, 6.45) is -6.66. The highest BCUT2D eigenvalue weighted by Gasteiger charge is 2.42. The van der Waals surface area contributed by atoms with Crippen LogP contribution in [0, 0.1) is 41.0 Å². The lowest BCUT2D eigenvalue weighted by molar-refractivity contribution is -0.215. The van der Waals surface area contributed by atoms with Crippen molar-refractivity contribution in [1.29, 1.82) is 0 Å². The van der Waals surface area contributed by atoms with Gasteiger partial charge in [0.1, 0.15) is 22.9 Å². The molecule has 216 valence electrons. The molecule has 0 aromatic heterocycles. The molecule has 1 heterocycles. The third-order valence-corrected chi connectivity index (χ3v) is 6.88. The summed E-state index contributed by atoms with van der Waals surface area (Å²) in [6, 6.07) is 1.36. The minimum atomic E-state index is -4.92. The molecule has 2 aromatic rings. The molecular weight excluding hydrogens is 547 g/mol. The Balaban J connectivity index is 1.45. The fourth-order valence-corrected chi connectivity index (χ4v) is 4.83. The van der Waals surface area contributed by atoms with Crippen molar-refractivity contribution in [3.05, 3.63) is 58.7 Å². The van der Waals surface area contributed by atoms with Crippen LogP contribution in [0.4, 0.5) is 39.5 Å². The van der Waals surface area contributed by atoms with Crippen LogP contribution in [0.5, 0.6) is 11.5 Å². The van der Waals surface area contributed by atoms with E-state index in [9.17, 15) is 39.5 Å². The van der Waals surface area contributed by atoms with Gasteiger partial charge in [-0.3, -0.25) is 0 Å². The second kappa shape index (κ2) is 11.4. The lowest BCUT2D eigenvalue weighted by Crippen LogP contribution is -2.34. The summed E-state index contributed by atoms with van der Waals surface area (Å²) >= 11 is 0. The summed E-state index contributed by atoms with van der Waals surface area (Å²) < 4.78 is 143. The molecule has 0 radical (unpaired) electrons. The van der Waals surface area contributed by atoms with Crippen LogP contribution < -0.4 is 9.47 Å². The Morgan fingerprint density at radius 1 is 0.769 bits per heavy atom. The lowest BCUT2D eigenvalue weighted by Gasteiger charge is -2.37. The molecule has 1 aliphatic carbocycles. The van der Waals surface area contributed by atoms with Crippen molar-refractivity contribution in [3.63, 3.8) is 0 Å². The first-order valence-electron chi connectivity index (χ1n) is 12.2. The maximum absolute atomic E-state index is 14.7. The second-order valence-corrected chi connectivity index (χ2v) is 9.88. The van der Waals surface area contributed by atoms with Gasteiger partial charge in [-0.05, 0) is 36.8 Å². The first-order chi connectivity index (χ1) is 18.2. The van der Waals surface area contributed by atoms with Crippen molar-refractivity contribution in [3.8, 4) is 11.5 Å². The first-order valence-corrected chi connectivity index (χ1v) is 12.2. The predicted molar refractivity (Wildman–Crippen MR) is 118 cm³/mol. The Labute approximate surface area is 218 Å². The predicted octanol–water partition coefficient (Wildman–Crippen LogP) is 7.80. The van der Waals surface area contributed by atoms with E-state index in [2.05, 4.69) is 16.4 Å². The zero-order valence-corrected chi connectivity index (χ0v) is 20.6. The maximum Gasteiger partial charge on any atom is 0.432 e. The fourth-order valence-electron chi connectivity index (χ4n) is 4.83. The number of benzene rings is 2. The maximum atomic E-state index is 14.7. The molecule has 13 heteroatoms. The summed E-state index contributed by atoms with van der Waals surface area (Å²) in [6.45, 7) is 0.682. The summed E-state index contributed by atoms with van der Waals surface area (Å²) in [5, 5.41) is 0. The van der Waals surface area contributed by atoms with Crippen LogP contribution in [0.2, 0.25) is 0 Å². The Hall–Kier alpha value is -2.67. The molecule has 2 aliphatic rings. The average molecular weight is 572 g/mol. The van der Waals surface area contributed by atoms with Crippen molar-refractivity contribution in [2.45, 2.75) is 51.2 Å². The Morgan fingerprint density at radius 3 is 1.82 bits per heavy atom. The summed E-state index contributed by atoms with van der Waals surface area (Å²) in [5.41, 5.74) is -2.04. The van der Waals surface area contributed by atoms with Gasteiger partial charge in [0.15, 0.2) is 30.3 Å². The third kappa shape index (κ3) is 7.10. The van der Waals surface area contributed by atoms with E-state index in [1.54, 1.807) is 0 Å². The number of hydrogen-bond acceptors (Lipinski definition) is 4. The molecule has 0 amide bonds. The van der Waals surface area contributed by atoms with Gasteiger partial charge in [0, 0.05) is 23.6 Å². The van der Waals surface area contributed by atoms with E-state index in [0.29, 0.717) is 24.0 Å². The monoisotopic (exact) mass is 572 g/mol. The minimum absolute atomic E-state index is 0.0972. The minimum Gasteiger partial charge on any atom is -0.478 e. The quantitative estimate of drug-likeness (QED) is 0.318. The molecule has 0 spiro atoms. The van der Waals surface area contributed by atoms with Gasteiger partial charge in [-0.15, -0.1) is 0 Å². The normalized spacial score (nSPS) is 24.5. The summed E-state index contributed by atoms with van der Waals surface area (Å²) in [5.74, 6) is -8.66. The first kappa shape index (κ1) is 29.3. The molecule has 4 nitrogen and oxygen atoms in total. The number of rotatable bonds is 7. The molecule has 39 heavy (non-hydrogen) atoms. The zero-order valence-electron chi connectivity index (χ0n) is 20.6. The molecule has 1 saturated carbocycles. The zero-order chi connectivity index (χ0) is 28.5. The van der Waals surface area contributed by atoms with E-state index in [4.69, 9.17) is 9.47 Å². The molecule has 4 rings (SSSR count). The van der Waals surface area contributed by atoms with Crippen molar-refractivity contribution in [1.82, 2.24) is 0 Å². The molecule has 0 bridgehead atoms. The number of alkyl halides is 5. The van der Waals surface area contributed by atoms with E-state index in [0.717, 1.165) is 25.7 Å². The van der Waals surface area contributed by atoms with Crippen molar-refractivity contribution in [2.24, 2.45) is 17.8 Å². The van der Waals surface area contributed by atoms with Crippen LogP contribution in [0.3, 0.4) is 0 Å². The summed E-state index contributed by atoms with van der Waals surface area (Å²) in [4.78, 5) is 0. The highest BCUT2D eigenvalue weighted by Crippen LogP contribution is 2.40. The fraction of sp³-hybridized carbons (Fsp3) is 0.538. The standard InChI is InChI=1S/C26H25F9O4/c1-13-2-4-14(5-3-13)16-10-36-24(37-11-16)15-6-18(27)22(19(28)7-15)26(34,35)39-17-8-20(29)23(21(30)9-17)38-12-25(31,32)33/h6-9,13-14,16,24H,2-5,10-12H2,1H3. The van der Waals surface area contributed by atoms with Gasteiger partial charge in [-0.25, -0.2) is 17.6 Å². The average Bonchev–Trinajstić information content (AvgIpc) is 2.82.